The molecule has 0 aliphatic carbocycles. The van der Waals surface area contributed by atoms with Crippen molar-refractivity contribution in [1.29, 1.82) is 5.26 Å². The monoisotopic (exact) mass is 273 g/mol. The van der Waals surface area contributed by atoms with Crippen LogP contribution in [0.15, 0.2) is 35.4 Å². The summed E-state index contributed by atoms with van der Waals surface area (Å²) in [6.07, 6.45) is 0.374. The molecule has 0 unspecified atom stereocenters. The second-order valence-corrected chi connectivity index (χ2v) is 5.25. The number of rotatable bonds is 5. The number of carbonyl (C=O) groups excluding carboxylic acids is 1. The van der Waals surface area contributed by atoms with E-state index in [-0.39, 0.29) is 5.91 Å². The van der Waals surface area contributed by atoms with E-state index in [1.807, 2.05) is 36.4 Å². The number of amides is 1. The number of thioether (sulfide) groups is 1. The van der Waals surface area contributed by atoms with Gasteiger partial charge >= 0.3 is 0 Å². The molecule has 1 aromatic heterocycles. The first kappa shape index (κ1) is 13.5. The van der Waals surface area contributed by atoms with Gasteiger partial charge in [-0.3, -0.25) is 4.79 Å². The molecule has 98 valence electrons. The van der Waals surface area contributed by atoms with Crippen molar-refractivity contribution in [3.8, 4) is 6.07 Å². The Hall–Kier alpha value is -1.93. The molecule has 1 heterocycles. The fourth-order valence-corrected chi connectivity index (χ4v) is 2.61. The van der Waals surface area contributed by atoms with Crippen molar-refractivity contribution in [2.75, 3.05) is 19.3 Å². The number of H-pyrrole nitrogens is 1. The third-order valence-electron chi connectivity index (χ3n) is 2.84. The predicted octanol–water partition coefficient (Wildman–Crippen LogP) is 2.63. The normalized spacial score (nSPS) is 10.3. The molecule has 0 spiro atoms. The summed E-state index contributed by atoms with van der Waals surface area (Å²) in [7, 11) is 1.73. The van der Waals surface area contributed by atoms with E-state index in [1.165, 1.54) is 11.8 Å². The molecule has 0 radical (unpaired) electrons. The zero-order chi connectivity index (χ0) is 13.7. The zero-order valence-electron chi connectivity index (χ0n) is 10.7. The second kappa shape index (κ2) is 6.30. The van der Waals surface area contributed by atoms with Gasteiger partial charge in [0.05, 0.1) is 23.3 Å². The second-order valence-electron chi connectivity index (χ2n) is 4.23. The lowest BCUT2D eigenvalue weighted by atomic mass is 10.3. The van der Waals surface area contributed by atoms with Gasteiger partial charge in [-0.25, -0.2) is 0 Å². The Morgan fingerprint density at radius 2 is 2.26 bits per heavy atom. The topological polar surface area (TPSA) is 59.9 Å². The number of fused-ring (bicyclic) bond motifs is 1. The van der Waals surface area contributed by atoms with E-state index in [0.29, 0.717) is 18.7 Å². The van der Waals surface area contributed by atoms with E-state index in [0.717, 1.165) is 15.9 Å². The first-order valence-electron chi connectivity index (χ1n) is 6.02. The van der Waals surface area contributed by atoms with Crippen LogP contribution in [0.25, 0.3) is 10.9 Å². The standard InChI is InChI=1S/C14H15N3OS/c1-17(8-4-7-15)14(18)10-19-13-9-11-5-2-3-6-12(11)16-13/h2-3,5-6,9,16H,4,8,10H2,1H3. The van der Waals surface area contributed by atoms with Crippen LogP contribution in [0.4, 0.5) is 0 Å². The minimum atomic E-state index is 0.0407. The van der Waals surface area contributed by atoms with Crippen LogP contribution in [-0.2, 0) is 4.79 Å². The number of aromatic nitrogens is 1. The van der Waals surface area contributed by atoms with E-state index in [2.05, 4.69) is 4.98 Å². The largest absolute Gasteiger partial charge is 0.350 e. The van der Waals surface area contributed by atoms with Crippen LogP contribution in [0.1, 0.15) is 6.42 Å². The number of nitrogens with zero attached hydrogens (tertiary/aromatic N) is 2. The molecule has 0 saturated heterocycles. The van der Waals surface area contributed by atoms with Gasteiger partial charge < -0.3 is 9.88 Å². The Bertz CT molecular complexity index is 581. The molecule has 0 atom stereocenters. The van der Waals surface area contributed by atoms with Crippen molar-refractivity contribution in [2.24, 2.45) is 0 Å². The SMILES string of the molecule is CN(CCC#N)C(=O)CSc1cc2ccccc2[nH]1. The highest BCUT2D eigenvalue weighted by Crippen LogP contribution is 2.23. The third-order valence-corrected chi connectivity index (χ3v) is 3.76. The van der Waals surface area contributed by atoms with Crippen molar-refractivity contribution in [3.63, 3.8) is 0 Å². The number of benzene rings is 1. The first-order chi connectivity index (χ1) is 9.20. The minimum absolute atomic E-state index is 0.0407. The number of aromatic amines is 1. The number of nitriles is 1. The summed E-state index contributed by atoms with van der Waals surface area (Å²) in [6, 6.07) is 12.1. The Kier molecular flexibility index (Phi) is 4.48. The van der Waals surface area contributed by atoms with Crippen molar-refractivity contribution in [2.45, 2.75) is 11.4 Å². The summed E-state index contributed by atoms with van der Waals surface area (Å²) >= 11 is 1.49. The molecule has 0 aliphatic heterocycles. The zero-order valence-corrected chi connectivity index (χ0v) is 11.5. The Morgan fingerprint density at radius 3 is 3.00 bits per heavy atom. The number of hydrogen-bond acceptors (Lipinski definition) is 3. The minimum Gasteiger partial charge on any atom is -0.350 e. The molecule has 4 nitrogen and oxygen atoms in total. The third kappa shape index (κ3) is 3.52. The lowest BCUT2D eigenvalue weighted by Crippen LogP contribution is -2.29. The molecule has 1 N–H and O–H groups in total. The maximum absolute atomic E-state index is 11.8. The van der Waals surface area contributed by atoms with Crippen LogP contribution < -0.4 is 0 Å². The maximum Gasteiger partial charge on any atom is 0.232 e. The lowest BCUT2D eigenvalue weighted by Gasteiger charge is -2.14. The van der Waals surface area contributed by atoms with Gasteiger partial charge in [0.25, 0.3) is 0 Å². The molecule has 1 aromatic carbocycles. The molecular weight excluding hydrogens is 258 g/mol. The van der Waals surface area contributed by atoms with Crippen LogP contribution in [0, 0.1) is 11.3 Å². The first-order valence-corrected chi connectivity index (χ1v) is 7.00. The van der Waals surface area contributed by atoms with Gasteiger partial charge in [0.1, 0.15) is 0 Å². The maximum atomic E-state index is 11.8. The Morgan fingerprint density at radius 1 is 1.47 bits per heavy atom. The van der Waals surface area contributed by atoms with E-state index >= 15 is 0 Å². The van der Waals surface area contributed by atoms with Gasteiger partial charge in [0.15, 0.2) is 0 Å². The summed E-state index contributed by atoms with van der Waals surface area (Å²) in [5.41, 5.74) is 1.08. The van der Waals surface area contributed by atoms with Crippen LogP contribution >= 0.6 is 11.8 Å². The average Bonchev–Trinajstić information content (AvgIpc) is 2.84. The van der Waals surface area contributed by atoms with E-state index in [4.69, 9.17) is 5.26 Å². The molecule has 0 bridgehead atoms. The van der Waals surface area contributed by atoms with Crippen LogP contribution in [0.3, 0.4) is 0 Å². The molecular formula is C14H15N3OS. The quantitative estimate of drug-likeness (QED) is 0.852. The summed E-state index contributed by atoms with van der Waals surface area (Å²) < 4.78 is 0. The average molecular weight is 273 g/mol. The molecule has 1 amide bonds. The van der Waals surface area contributed by atoms with E-state index < -0.39 is 0 Å². The van der Waals surface area contributed by atoms with Gasteiger partial charge in [0.2, 0.25) is 5.91 Å². The van der Waals surface area contributed by atoms with Gasteiger partial charge in [-0.1, -0.05) is 30.0 Å². The van der Waals surface area contributed by atoms with Crippen LogP contribution in [0.2, 0.25) is 0 Å². The molecule has 0 saturated carbocycles. The summed E-state index contributed by atoms with van der Waals surface area (Å²) in [4.78, 5) is 16.7. The number of para-hydroxylation sites is 1. The highest BCUT2D eigenvalue weighted by molar-refractivity contribution is 7.99. The van der Waals surface area contributed by atoms with Crippen molar-refractivity contribution in [3.05, 3.63) is 30.3 Å². The summed E-state index contributed by atoms with van der Waals surface area (Å²) in [5.74, 6) is 0.424. The van der Waals surface area contributed by atoms with E-state index in [9.17, 15) is 4.79 Å². The Labute approximate surface area is 116 Å². The van der Waals surface area contributed by atoms with Crippen molar-refractivity contribution >= 4 is 28.6 Å². The molecule has 5 heteroatoms. The van der Waals surface area contributed by atoms with E-state index in [1.54, 1.807) is 11.9 Å². The Balaban J connectivity index is 1.91. The molecule has 19 heavy (non-hydrogen) atoms. The number of nitrogens with one attached hydrogen (secondary N) is 1. The van der Waals surface area contributed by atoms with Gasteiger partial charge in [-0.15, -0.1) is 0 Å². The predicted molar refractivity (Wildman–Crippen MR) is 76.9 cm³/mol. The van der Waals surface area contributed by atoms with Gasteiger partial charge in [-0.05, 0) is 12.1 Å². The summed E-state index contributed by atoms with van der Waals surface area (Å²) in [6.45, 7) is 0.489. The fourth-order valence-electron chi connectivity index (χ4n) is 1.72. The lowest BCUT2D eigenvalue weighted by molar-refractivity contribution is -0.127. The van der Waals surface area contributed by atoms with Gasteiger partial charge in [0, 0.05) is 24.5 Å². The number of carbonyl (C=O) groups is 1. The molecule has 0 aliphatic rings. The molecule has 2 rings (SSSR count). The van der Waals surface area contributed by atoms with Crippen molar-refractivity contribution in [1.82, 2.24) is 9.88 Å². The molecule has 2 aromatic rings. The number of hydrogen-bond donors (Lipinski definition) is 1. The summed E-state index contributed by atoms with van der Waals surface area (Å²) in [5, 5.41) is 10.6. The van der Waals surface area contributed by atoms with Crippen LogP contribution in [0.5, 0.6) is 0 Å². The van der Waals surface area contributed by atoms with Crippen molar-refractivity contribution < 1.29 is 4.79 Å². The van der Waals surface area contributed by atoms with Gasteiger partial charge in [-0.2, -0.15) is 5.26 Å². The highest BCUT2D eigenvalue weighted by atomic mass is 32.2. The smallest absolute Gasteiger partial charge is 0.232 e. The highest BCUT2D eigenvalue weighted by Gasteiger charge is 2.09. The molecule has 0 fully saturated rings. The fraction of sp³-hybridized carbons (Fsp3) is 0.286. The van der Waals surface area contributed by atoms with Crippen LogP contribution in [-0.4, -0.2) is 35.1 Å².